The topological polar surface area (TPSA) is 55.8 Å². The molecule has 2 aromatic rings. The first-order chi connectivity index (χ1) is 13.5. The Bertz CT molecular complexity index is 948. The molecule has 0 atom stereocenters. The number of nitrogens with zero attached hydrogens (tertiary/aromatic N) is 1. The predicted octanol–water partition coefficient (Wildman–Crippen LogP) is 4.16. The van der Waals surface area contributed by atoms with Crippen LogP contribution in [0.2, 0.25) is 5.02 Å². The normalized spacial score (nSPS) is 10.6. The Labute approximate surface area is 176 Å². The Morgan fingerprint density at radius 2 is 1.69 bits per heavy atom. The molecule has 2 rings (SSSR count). The summed E-state index contributed by atoms with van der Waals surface area (Å²) in [4.78, 5) is 25.4. The molecule has 0 saturated heterocycles. The van der Waals surface area contributed by atoms with Crippen LogP contribution >= 0.6 is 11.6 Å². The number of hydrogen-bond acceptors (Lipinski definition) is 4. The van der Waals surface area contributed by atoms with E-state index in [1.807, 2.05) is 0 Å². The number of carbonyl (C=O) groups excluding carboxylic acids is 2. The van der Waals surface area contributed by atoms with Gasteiger partial charge in [0, 0.05) is 30.2 Å². The van der Waals surface area contributed by atoms with E-state index >= 15 is 0 Å². The number of benzene rings is 2. The van der Waals surface area contributed by atoms with Gasteiger partial charge in [-0.3, -0.25) is 4.79 Å². The van der Waals surface area contributed by atoms with Gasteiger partial charge in [-0.15, -0.1) is 0 Å². The molecule has 0 bridgehead atoms. The second-order valence-electron chi connectivity index (χ2n) is 7.54. The Hall–Kier alpha value is -2.97. The molecule has 0 saturated carbocycles. The molecule has 0 heterocycles. The molecule has 1 amide bonds. The second kappa shape index (κ2) is 9.49. The minimum atomic E-state index is -0.580. The SMILES string of the molecule is CN(C)C(=O)c1ccc(C#Cc2cc(Cl)ccc2OCC(=O)OC(C)(C)C)cc1. The Morgan fingerprint density at radius 1 is 1.03 bits per heavy atom. The van der Waals surface area contributed by atoms with Crippen LogP contribution in [-0.2, 0) is 9.53 Å². The number of ether oxygens (including phenoxy) is 2. The maximum absolute atomic E-state index is 12.0. The lowest BCUT2D eigenvalue weighted by molar-refractivity contribution is -0.157. The molecule has 152 valence electrons. The summed E-state index contributed by atoms with van der Waals surface area (Å²) >= 11 is 6.08. The van der Waals surface area contributed by atoms with Gasteiger partial charge in [0.25, 0.3) is 5.91 Å². The van der Waals surface area contributed by atoms with Crippen molar-refractivity contribution in [1.82, 2.24) is 4.90 Å². The highest BCUT2D eigenvalue weighted by Crippen LogP contribution is 2.22. The molecule has 0 radical (unpaired) electrons. The van der Waals surface area contributed by atoms with Crippen molar-refractivity contribution < 1.29 is 19.1 Å². The fourth-order valence-corrected chi connectivity index (χ4v) is 2.50. The van der Waals surface area contributed by atoms with Crippen molar-refractivity contribution in [2.45, 2.75) is 26.4 Å². The average molecular weight is 414 g/mol. The van der Waals surface area contributed by atoms with Crippen molar-refractivity contribution in [3.05, 3.63) is 64.2 Å². The molecule has 2 aromatic carbocycles. The van der Waals surface area contributed by atoms with Gasteiger partial charge in [0.2, 0.25) is 0 Å². The molecule has 0 spiro atoms. The van der Waals surface area contributed by atoms with Crippen LogP contribution in [0.25, 0.3) is 0 Å². The molecule has 29 heavy (non-hydrogen) atoms. The van der Waals surface area contributed by atoms with Gasteiger partial charge in [-0.25, -0.2) is 4.79 Å². The number of esters is 1. The molecular weight excluding hydrogens is 390 g/mol. The van der Waals surface area contributed by atoms with E-state index in [0.29, 0.717) is 21.9 Å². The number of rotatable bonds is 4. The fraction of sp³-hybridized carbons (Fsp3) is 0.304. The minimum absolute atomic E-state index is 0.0721. The first-order valence-corrected chi connectivity index (χ1v) is 9.41. The van der Waals surface area contributed by atoms with Crippen LogP contribution in [0.3, 0.4) is 0 Å². The highest BCUT2D eigenvalue weighted by Gasteiger charge is 2.17. The Morgan fingerprint density at radius 3 is 2.28 bits per heavy atom. The zero-order chi connectivity index (χ0) is 21.6. The molecule has 0 unspecified atom stereocenters. The van der Waals surface area contributed by atoms with Crippen LogP contribution < -0.4 is 4.74 Å². The van der Waals surface area contributed by atoms with E-state index in [4.69, 9.17) is 21.1 Å². The quantitative estimate of drug-likeness (QED) is 0.557. The standard InChI is InChI=1S/C23H24ClNO4/c1-23(2,3)29-21(26)15-28-20-13-12-19(24)14-18(20)11-8-16-6-9-17(10-7-16)22(27)25(4)5/h6-7,9-10,12-14H,15H2,1-5H3. The van der Waals surface area contributed by atoms with E-state index in [2.05, 4.69) is 11.8 Å². The van der Waals surface area contributed by atoms with Crippen LogP contribution in [0.4, 0.5) is 0 Å². The average Bonchev–Trinajstić information content (AvgIpc) is 2.64. The lowest BCUT2D eigenvalue weighted by Gasteiger charge is -2.19. The van der Waals surface area contributed by atoms with E-state index in [-0.39, 0.29) is 12.5 Å². The minimum Gasteiger partial charge on any atom is -0.481 e. The molecular formula is C23H24ClNO4. The summed E-state index contributed by atoms with van der Waals surface area (Å²) in [6.45, 7) is 5.15. The van der Waals surface area contributed by atoms with Crippen molar-refractivity contribution in [2.75, 3.05) is 20.7 Å². The van der Waals surface area contributed by atoms with E-state index in [1.54, 1.807) is 77.3 Å². The number of hydrogen-bond donors (Lipinski definition) is 0. The van der Waals surface area contributed by atoms with E-state index < -0.39 is 11.6 Å². The molecule has 0 aliphatic heterocycles. The highest BCUT2D eigenvalue weighted by molar-refractivity contribution is 6.30. The summed E-state index contributed by atoms with van der Waals surface area (Å²) in [5, 5.41) is 0.505. The van der Waals surface area contributed by atoms with Crippen LogP contribution in [0.5, 0.6) is 5.75 Å². The van der Waals surface area contributed by atoms with Crippen LogP contribution in [-0.4, -0.2) is 43.1 Å². The third-order valence-electron chi connectivity index (χ3n) is 3.59. The number of amides is 1. The first kappa shape index (κ1) is 22.3. The van der Waals surface area contributed by atoms with Crippen molar-refractivity contribution in [1.29, 1.82) is 0 Å². The van der Waals surface area contributed by atoms with Gasteiger partial charge in [-0.05, 0) is 63.2 Å². The van der Waals surface area contributed by atoms with Crippen LogP contribution in [0.1, 0.15) is 42.3 Å². The second-order valence-corrected chi connectivity index (χ2v) is 7.98. The number of halogens is 1. The Balaban J connectivity index is 2.16. The summed E-state index contributed by atoms with van der Waals surface area (Å²) in [7, 11) is 3.40. The lowest BCUT2D eigenvalue weighted by atomic mass is 10.1. The van der Waals surface area contributed by atoms with Gasteiger partial charge < -0.3 is 14.4 Å². The molecule has 0 N–H and O–H groups in total. The zero-order valence-electron chi connectivity index (χ0n) is 17.2. The third-order valence-corrected chi connectivity index (χ3v) is 3.82. The monoisotopic (exact) mass is 413 g/mol. The van der Waals surface area contributed by atoms with Crippen LogP contribution in [0, 0.1) is 11.8 Å². The zero-order valence-corrected chi connectivity index (χ0v) is 18.0. The largest absolute Gasteiger partial charge is 0.481 e. The van der Waals surface area contributed by atoms with Crippen molar-refractivity contribution in [3.63, 3.8) is 0 Å². The summed E-state index contributed by atoms with van der Waals surface area (Å²) < 4.78 is 10.8. The van der Waals surface area contributed by atoms with Gasteiger partial charge in [-0.1, -0.05) is 23.4 Å². The third kappa shape index (κ3) is 7.17. The lowest BCUT2D eigenvalue weighted by Crippen LogP contribution is -2.27. The fourth-order valence-electron chi connectivity index (χ4n) is 2.33. The maximum Gasteiger partial charge on any atom is 0.344 e. The molecule has 0 aromatic heterocycles. The van der Waals surface area contributed by atoms with Crippen molar-refractivity contribution >= 4 is 23.5 Å². The summed E-state index contributed by atoms with van der Waals surface area (Å²) in [5.41, 5.74) is 1.29. The van der Waals surface area contributed by atoms with E-state index in [0.717, 1.165) is 5.56 Å². The van der Waals surface area contributed by atoms with E-state index in [1.165, 1.54) is 4.90 Å². The molecule has 0 fully saturated rings. The van der Waals surface area contributed by atoms with Gasteiger partial charge in [0.15, 0.2) is 6.61 Å². The Kier molecular flexibility index (Phi) is 7.30. The van der Waals surface area contributed by atoms with E-state index in [9.17, 15) is 9.59 Å². The highest BCUT2D eigenvalue weighted by atomic mass is 35.5. The summed E-state index contributed by atoms with van der Waals surface area (Å²) in [6, 6.07) is 12.0. The van der Waals surface area contributed by atoms with Gasteiger partial charge in [0.1, 0.15) is 11.4 Å². The number of carbonyl (C=O) groups is 2. The van der Waals surface area contributed by atoms with Crippen molar-refractivity contribution in [3.8, 4) is 17.6 Å². The maximum atomic E-state index is 12.0. The molecule has 0 aliphatic rings. The molecule has 5 nitrogen and oxygen atoms in total. The predicted molar refractivity (Wildman–Crippen MR) is 113 cm³/mol. The summed E-state index contributed by atoms with van der Waals surface area (Å²) in [5.74, 6) is 5.93. The molecule has 6 heteroatoms. The van der Waals surface area contributed by atoms with Gasteiger partial charge in [0.05, 0.1) is 5.56 Å². The smallest absolute Gasteiger partial charge is 0.344 e. The first-order valence-electron chi connectivity index (χ1n) is 9.03. The van der Waals surface area contributed by atoms with Gasteiger partial charge in [-0.2, -0.15) is 0 Å². The van der Waals surface area contributed by atoms with Crippen molar-refractivity contribution in [2.24, 2.45) is 0 Å². The summed E-state index contributed by atoms with van der Waals surface area (Å²) in [6.07, 6.45) is 0. The van der Waals surface area contributed by atoms with Crippen LogP contribution in [0.15, 0.2) is 42.5 Å². The van der Waals surface area contributed by atoms with Gasteiger partial charge >= 0.3 is 5.97 Å². The molecule has 0 aliphatic carbocycles.